The summed E-state index contributed by atoms with van der Waals surface area (Å²) < 4.78 is 7.06. The number of nitrogens with zero attached hydrogens (tertiary/aromatic N) is 4. The van der Waals surface area contributed by atoms with Gasteiger partial charge in [0.15, 0.2) is 0 Å². The second-order valence-electron chi connectivity index (χ2n) is 8.01. The molecule has 1 aliphatic rings. The van der Waals surface area contributed by atoms with Gasteiger partial charge in [-0.25, -0.2) is 0 Å². The summed E-state index contributed by atoms with van der Waals surface area (Å²) in [6.07, 6.45) is 5.37. The van der Waals surface area contributed by atoms with Crippen LogP contribution in [-0.2, 0) is 16.6 Å². The molecule has 2 aromatic heterocycles. The highest BCUT2D eigenvalue weighted by Gasteiger charge is 2.26. The van der Waals surface area contributed by atoms with E-state index in [1.807, 2.05) is 36.2 Å². The Morgan fingerprint density at radius 3 is 2.75 bits per heavy atom. The first kappa shape index (κ1) is 21.5. The Balaban J connectivity index is 1.54. The molecular formula is C24H25N5O3. The Morgan fingerprint density at radius 2 is 2.03 bits per heavy atom. The van der Waals surface area contributed by atoms with Crippen LogP contribution in [0.1, 0.15) is 40.4 Å². The van der Waals surface area contributed by atoms with Gasteiger partial charge in [-0.05, 0) is 54.7 Å². The zero-order valence-corrected chi connectivity index (χ0v) is 18.2. The second-order valence-corrected chi connectivity index (χ2v) is 8.01. The Kier molecular flexibility index (Phi) is 6.19. The molecule has 0 radical (unpaired) electrons. The third-order valence-electron chi connectivity index (χ3n) is 5.96. The number of nitrogens with one attached hydrogen (secondary N) is 1. The lowest BCUT2D eigenvalue weighted by Crippen LogP contribution is -2.39. The highest BCUT2D eigenvalue weighted by molar-refractivity contribution is 6.04. The Bertz CT molecular complexity index is 1200. The van der Waals surface area contributed by atoms with Crippen LogP contribution in [0.3, 0.4) is 0 Å². The molecule has 0 unspecified atom stereocenters. The van der Waals surface area contributed by atoms with E-state index in [9.17, 15) is 9.59 Å². The van der Waals surface area contributed by atoms with Gasteiger partial charge < -0.3 is 19.5 Å². The predicted octanol–water partition coefficient (Wildman–Crippen LogP) is 3.05. The van der Waals surface area contributed by atoms with E-state index >= 15 is 0 Å². The lowest BCUT2D eigenvalue weighted by atomic mass is 9.89. The van der Waals surface area contributed by atoms with Gasteiger partial charge in [-0.15, -0.1) is 0 Å². The lowest BCUT2D eigenvalue weighted by molar-refractivity contribution is -0.136. The molecule has 4 rings (SSSR count). The van der Waals surface area contributed by atoms with Crippen molar-refractivity contribution in [2.24, 2.45) is 7.05 Å². The molecule has 3 heterocycles. The number of aromatic nitrogens is 2. The Labute approximate surface area is 186 Å². The predicted molar refractivity (Wildman–Crippen MR) is 120 cm³/mol. The number of carbonyl (C=O) groups excluding carboxylic acids is 2. The first-order valence-electron chi connectivity index (χ1n) is 10.5. The van der Waals surface area contributed by atoms with E-state index in [1.165, 1.54) is 24.9 Å². The molecule has 0 bridgehead atoms. The number of benzene rings is 1. The quantitative estimate of drug-likeness (QED) is 0.669. The standard InChI is InChI=1S/C24H25N5O3/c1-28-14-20(17-6-9-29(10-7-17)23(30)15-32-2)19-12-18(3-4-22(19)28)27-24(31)21-11-16(13-25)5-8-26-21/h3-5,8,11-12,14,17H,6-7,9-10,15H2,1-2H3,(H,27,31). The zero-order chi connectivity index (χ0) is 22.7. The SMILES string of the molecule is COCC(=O)N1CCC(c2cn(C)c3ccc(NC(=O)c4cc(C#N)ccn4)cc23)CC1. The number of fused-ring (bicyclic) bond motifs is 1. The van der Waals surface area contributed by atoms with E-state index < -0.39 is 0 Å². The van der Waals surface area contributed by atoms with Gasteiger partial charge in [0, 0.05) is 56.2 Å². The number of ether oxygens (including phenoxy) is 1. The minimum atomic E-state index is -0.358. The van der Waals surface area contributed by atoms with Crippen molar-refractivity contribution < 1.29 is 14.3 Å². The number of hydrogen-bond acceptors (Lipinski definition) is 5. The maximum absolute atomic E-state index is 12.6. The van der Waals surface area contributed by atoms with Crippen molar-refractivity contribution in [2.75, 3.05) is 32.1 Å². The number of nitriles is 1. The topological polar surface area (TPSA) is 100 Å². The van der Waals surface area contributed by atoms with Crippen LogP contribution >= 0.6 is 0 Å². The fourth-order valence-corrected chi connectivity index (χ4v) is 4.30. The lowest BCUT2D eigenvalue weighted by Gasteiger charge is -2.32. The zero-order valence-electron chi connectivity index (χ0n) is 18.2. The minimum Gasteiger partial charge on any atom is -0.375 e. The monoisotopic (exact) mass is 431 g/mol. The first-order valence-corrected chi connectivity index (χ1v) is 10.5. The molecule has 8 nitrogen and oxygen atoms in total. The maximum atomic E-state index is 12.6. The number of amides is 2. The molecule has 3 aromatic rings. The van der Waals surface area contributed by atoms with E-state index in [0.29, 0.717) is 30.3 Å². The fraction of sp³-hybridized carbons (Fsp3) is 0.333. The van der Waals surface area contributed by atoms with Crippen molar-refractivity contribution in [3.05, 3.63) is 59.5 Å². The molecule has 1 aliphatic heterocycles. The highest BCUT2D eigenvalue weighted by Crippen LogP contribution is 2.35. The van der Waals surface area contributed by atoms with Crippen molar-refractivity contribution in [2.45, 2.75) is 18.8 Å². The van der Waals surface area contributed by atoms with Crippen LogP contribution in [0.15, 0.2) is 42.7 Å². The molecule has 0 spiro atoms. The second kappa shape index (κ2) is 9.20. The molecule has 32 heavy (non-hydrogen) atoms. The molecule has 2 amide bonds. The van der Waals surface area contributed by atoms with Crippen LogP contribution in [0.25, 0.3) is 10.9 Å². The van der Waals surface area contributed by atoms with Crippen molar-refractivity contribution in [1.29, 1.82) is 5.26 Å². The van der Waals surface area contributed by atoms with E-state index in [4.69, 9.17) is 10.00 Å². The van der Waals surface area contributed by atoms with Crippen molar-refractivity contribution in [3.8, 4) is 6.07 Å². The van der Waals surface area contributed by atoms with Crippen LogP contribution in [0.5, 0.6) is 0 Å². The summed E-state index contributed by atoms with van der Waals surface area (Å²) in [5, 5.41) is 13.0. The van der Waals surface area contributed by atoms with Crippen molar-refractivity contribution in [3.63, 3.8) is 0 Å². The third-order valence-corrected chi connectivity index (χ3v) is 5.96. The summed E-state index contributed by atoms with van der Waals surface area (Å²) in [7, 11) is 3.55. The van der Waals surface area contributed by atoms with Crippen molar-refractivity contribution >= 4 is 28.4 Å². The number of methoxy groups -OCH3 is 1. The summed E-state index contributed by atoms with van der Waals surface area (Å²) in [5.74, 6) is 0.0112. The van der Waals surface area contributed by atoms with Crippen LogP contribution in [0.4, 0.5) is 5.69 Å². The van der Waals surface area contributed by atoms with Crippen LogP contribution in [-0.4, -0.2) is 53.1 Å². The third kappa shape index (κ3) is 4.34. The van der Waals surface area contributed by atoms with Gasteiger partial charge in [0.05, 0.1) is 11.6 Å². The summed E-state index contributed by atoms with van der Waals surface area (Å²) in [6, 6.07) is 10.9. The number of pyridine rings is 1. The van der Waals surface area contributed by atoms with Crippen molar-refractivity contribution in [1.82, 2.24) is 14.5 Å². The van der Waals surface area contributed by atoms with Crippen LogP contribution in [0, 0.1) is 11.3 Å². The molecule has 0 aliphatic carbocycles. The van der Waals surface area contributed by atoms with Gasteiger partial charge in [0.1, 0.15) is 12.3 Å². The van der Waals surface area contributed by atoms with Gasteiger partial charge in [-0.1, -0.05) is 0 Å². The highest BCUT2D eigenvalue weighted by atomic mass is 16.5. The number of piperidine rings is 1. The minimum absolute atomic E-state index is 0.0305. The number of likely N-dealkylation sites (tertiary alicyclic amines) is 1. The van der Waals surface area contributed by atoms with E-state index in [0.717, 1.165) is 23.7 Å². The number of aryl methyl sites for hydroxylation is 1. The van der Waals surface area contributed by atoms with Gasteiger partial charge in [0.2, 0.25) is 5.91 Å². The molecule has 1 fully saturated rings. The van der Waals surface area contributed by atoms with E-state index in [-0.39, 0.29) is 24.1 Å². The summed E-state index contributed by atoms with van der Waals surface area (Å²) >= 11 is 0. The average molecular weight is 431 g/mol. The number of carbonyl (C=O) groups is 2. The molecule has 1 saturated heterocycles. The number of hydrogen-bond donors (Lipinski definition) is 1. The number of rotatable bonds is 5. The van der Waals surface area contributed by atoms with Crippen LogP contribution in [0.2, 0.25) is 0 Å². The molecule has 164 valence electrons. The molecule has 1 N–H and O–H groups in total. The molecule has 1 aromatic carbocycles. The summed E-state index contributed by atoms with van der Waals surface area (Å²) in [6.45, 7) is 1.54. The van der Waals surface area contributed by atoms with Gasteiger partial charge in [-0.2, -0.15) is 5.26 Å². The summed E-state index contributed by atoms with van der Waals surface area (Å²) in [5.41, 5.74) is 3.57. The number of anilines is 1. The summed E-state index contributed by atoms with van der Waals surface area (Å²) in [4.78, 5) is 30.7. The van der Waals surface area contributed by atoms with E-state index in [2.05, 4.69) is 21.1 Å². The van der Waals surface area contributed by atoms with Crippen LogP contribution < -0.4 is 5.32 Å². The molecule has 8 heteroatoms. The normalized spacial score (nSPS) is 14.3. The molecule has 0 saturated carbocycles. The average Bonchev–Trinajstić information content (AvgIpc) is 3.15. The fourth-order valence-electron chi connectivity index (χ4n) is 4.30. The Morgan fingerprint density at radius 1 is 1.25 bits per heavy atom. The molecular weight excluding hydrogens is 406 g/mol. The van der Waals surface area contributed by atoms with Gasteiger partial charge in [-0.3, -0.25) is 14.6 Å². The van der Waals surface area contributed by atoms with Gasteiger partial charge >= 0.3 is 0 Å². The largest absolute Gasteiger partial charge is 0.375 e. The van der Waals surface area contributed by atoms with Gasteiger partial charge in [0.25, 0.3) is 5.91 Å². The maximum Gasteiger partial charge on any atom is 0.274 e. The first-order chi connectivity index (χ1) is 15.5. The van der Waals surface area contributed by atoms with E-state index in [1.54, 1.807) is 6.07 Å². The smallest absolute Gasteiger partial charge is 0.274 e. The molecule has 0 atom stereocenters. The Hall–Kier alpha value is -3.70.